The van der Waals surface area contributed by atoms with Crippen LogP contribution in [0.3, 0.4) is 0 Å². The second-order valence-electron chi connectivity index (χ2n) is 13.4. The number of nitrogens with one attached hydrogen (secondary N) is 2. The molecule has 2 aromatic heterocycles. The third-order valence-corrected chi connectivity index (χ3v) is 9.27. The molecule has 0 radical (unpaired) electrons. The average molecular weight is 720 g/mol. The molecule has 17 heteroatoms. The number of anilines is 1. The average Bonchev–Trinajstić information content (AvgIpc) is 3.61. The van der Waals surface area contributed by atoms with Crippen LogP contribution in [-0.4, -0.2) is 79.3 Å². The minimum absolute atomic E-state index is 0.0324. The van der Waals surface area contributed by atoms with Crippen molar-refractivity contribution < 1.29 is 46.7 Å². The lowest BCUT2D eigenvalue weighted by Crippen LogP contribution is -2.58. The maximum Gasteiger partial charge on any atom is 0.433 e. The molecule has 6 amide bonds. The summed E-state index contributed by atoms with van der Waals surface area (Å²) in [7, 11) is 0. The van der Waals surface area contributed by atoms with Gasteiger partial charge < -0.3 is 14.8 Å². The van der Waals surface area contributed by atoms with E-state index in [1.165, 1.54) is 19.9 Å². The number of amides is 6. The molecule has 7 rings (SSSR count). The molecule has 0 unspecified atom stereocenters. The number of hydrogen-bond donors (Lipinski definition) is 3. The van der Waals surface area contributed by atoms with Crippen LogP contribution in [0.1, 0.15) is 92.9 Å². The fourth-order valence-electron chi connectivity index (χ4n) is 6.62. The number of carbonyl (C=O) groups is 5. The standard InChI is InChI=1S/C35H32F3N7O7/c1-34(2,51)22-15-25-26(16-24(22)40-29(47)23-4-3-5-27(39-23)35(36,37)38)52-30(41-25)19-8-11-43(12-9-19)17-18-6-7-20-21(14-18)32(49)45(31(20)48)44-13-10-28(46)42-33(44)50/h3-7,14-16,19,51H,8-13,17H2,1-2H3,(H,40,47)(H,42,46,50). The molecule has 2 fully saturated rings. The normalized spacial score (nSPS) is 17.6. The SMILES string of the molecule is CC(C)(O)c1cc2nc(C3CCN(Cc4ccc5c(c4)C(=O)N(N4CCC(=O)NC4=O)C5=O)CC3)oc2cc1NC(=O)c1cccc(C(F)(F)F)n1. The van der Waals surface area contributed by atoms with Crippen molar-refractivity contribution in [1.29, 1.82) is 0 Å². The highest BCUT2D eigenvalue weighted by molar-refractivity contribution is 6.22. The first-order valence-electron chi connectivity index (χ1n) is 16.4. The van der Waals surface area contributed by atoms with Gasteiger partial charge in [0, 0.05) is 30.5 Å². The molecule has 2 saturated heterocycles. The van der Waals surface area contributed by atoms with Gasteiger partial charge in [0.05, 0.1) is 29.0 Å². The molecule has 3 aliphatic rings. The fourth-order valence-corrected chi connectivity index (χ4v) is 6.62. The van der Waals surface area contributed by atoms with Gasteiger partial charge in [0.1, 0.15) is 16.9 Å². The smallest absolute Gasteiger partial charge is 0.433 e. The van der Waals surface area contributed by atoms with E-state index in [4.69, 9.17) is 4.42 Å². The third-order valence-electron chi connectivity index (χ3n) is 9.27. The van der Waals surface area contributed by atoms with Gasteiger partial charge in [0.15, 0.2) is 11.5 Å². The van der Waals surface area contributed by atoms with E-state index in [1.807, 2.05) is 0 Å². The summed E-state index contributed by atoms with van der Waals surface area (Å²) in [6.45, 7) is 4.72. The molecule has 0 bridgehead atoms. The molecule has 0 saturated carbocycles. The zero-order valence-corrected chi connectivity index (χ0v) is 27.9. The van der Waals surface area contributed by atoms with Crippen molar-refractivity contribution >= 4 is 46.4 Å². The molecule has 3 aliphatic heterocycles. The van der Waals surface area contributed by atoms with E-state index in [-0.39, 0.29) is 41.3 Å². The van der Waals surface area contributed by atoms with Crippen molar-refractivity contribution in [2.75, 3.05) is 25.0 Å². The number of benzene rings is 2. The Morgan fingerprint density at radius 3 is 2.40 bits per heavy atom. The Morgan fingerprint density at radius 1 is 0.981 bits per heavy atom. The van der Waals surface area contributed by atoms with Crippen molar-refractivity contribution in [3.05, 3.63) is 88.1 Å². The van der Waals surface area contributed by atoms with E-state index < -0.39 is 52.8 Å². The molecule has 0 atom stereocenters. The van der Waals surface area contributed by atoms with Gasteiger partial charge in [-0.05, 0) is 75.7 Å². The first-order valence-corrected chi connectivity index (χ1v) is 16.4. The minimum atomic E-state index is -4.73. The maximum absolute atomic E-state index is 13.2. The molecule has 4 aromatic rings. The molecule has 0 spiro atoms. The van der Waals surface area contributed by atoms with E-state index in [0.29, 0.717) is 49.5 Å². The maximum atomic E-state index is 13.2. The van der Waals surface area contributed by atoms with Crippen LogP contribution in [-0.2, 0) is 23.1 Å². The Morgan fingerprint density at radius 2 is 1.71 bits per heavy atom. The minimum Gasteiger partial charge on any atom is -0.440 e. The summed E-state index contributed by atoms with van der Waals surface area (Å²) < 4.78 is 45.7. The van der Waals surface area contributed by atoms with E-state index in [0.717, 1.165) is 33.8 Å². The predicted molar refractivity (Wildman–Crippen MR) is 176 cm³/mol. The van der Waals surface area contributed by atoms with Crippen molar-refractivity contribution in [1.82, 2.24) is 30.2 Å². The van der Waals surface area contributed by atoms with Crippen LogP contribution in [0.2, 0.25) is 0 Å². The highest BCUT2D eigenvalue weighted by Crippen LogP contribution is 2.36. The van der Waals surface area contributed by atoms with Gasteiger partial charge in [-0.25, -0.2) is 19.8 Å². The van der Waals surface area contributed by atoms with E-state index >= 15 is 0 Å². The lowest BCUT2D eigenvalue weighted by atomic mass is 9.95. The Kier molecular flexibility index (Phi) is 8.57. The Hall–Kier alpha value is -5.68. The topological polar surface area (TPSA) is 178 Å². The Bertz CT molecular complexity index is 2150. The summed E-state index contributed by atoms with van der Waals surface area (Å²) in [5, 5.41) is 17.3. The summed E-state index contributed by atoms with van der Waals surface area (Å²) in [6.07, 6.45) is -3.41. The molecular weight excluding hydrogens is 687 g/mol. The largest absolute Gasteiger partial charge is 0.440 e. The van der Waals surface area contributed by atoms with Gasteiger partial charge in [0.2, 0.25) is 5.91 Å². The zero-order valence-electron chi connectivity index (χ0n) is 27.9. The van der Waals surface area contributed by atoms with Crippen molar-refractivity contribution in [3.8, 4) is 0 Å². The molecule has 3 N–H and O–H groups in total. The number of aliphatic hydroxyl groups is 1. The molecule has 52 heavy (non-hydrogen) atoms. The number of pyridine rings is 1. The Labute approximate surface area is 293 Å². The van der Waals surface area contributed by atoms with Crippen LogP contribution in [0, 0.1) is 0 Å². The van der Waals surface area contributed by atoms with Crippen LogP contribution in [0.4, 0.5) is 23.7 Å². The third kappa shape index (κ3) is 6.59. The lowest BCUT2D eigenvalue weighted by Gasteiger charge is -2.32. The number of urea groups is 1. The van der Waals surface area contributed by atoms with E-state index in [2.05, 4.69) is 25.5 Å². The molecular formula is C35H32F3N7O7. The molecule has 270 valence electrons. The number of rotatable bonds is 7. The van der Waals surface area contributed by atoms with E-state index in [1.54, 1.807) is 24.3 Å². The predicted octanol–water partition coefficient (Wildman–Crippen LogP) is 4.55. The molecule has 14 nitrogen and oxygen atoms in total. The number of hydrazine groups is 1. The number of halogens is 3. The number of fused-ring (bicyclic) bond motifs is 2. The highest BCUT2D eigenvalue weighted by atomic mass is 19.4. The van der Waals surface area contributed by atoms with Crippen LogP contribution < -0.4 is 10.6 Å². The molecule has 2 aromatic carbocycles. The quantitative estimate of drug-likeness (QED) is 0.230. The summed E-state index contributed by atoms with van der Waals surface area (Å²) >= 11 is 0. The number of oxazole rings is 1. The van der Waals surface area contributed by atoms with Crippen molar-refractivity contribution in [3.63, 3.8) is 0 Å². The number of imide groups is 2. The highest BCUT2D eigenvalue weighted by Gasteiger charge is 2.43. The number of alkyl halides is 3. The first kappa shape index (κ1) is 34.8. The second-order valence-corrected chi connectivity index (χ2v) is 13.4. The number of nitrogens with zero attached hydrogens (tertiary/aromatic N) is 5. The van der Waals surface area contributed by atoms with Crippen LogP contribution in [0.5, 0.6) is 0 Å². The summed E-state index contributed by atoms with van der Waals surface area (Å²) in [6, 6.07) is 10.2. The second kappa shape index (κ2) is 12.8. The lowest BCUT2D eigenvalue weighted by molar-refractivity contribution is -0.141. The first-order chi connectivity index (χ1) is 24.6. The summed E-state index contributed by atoms with van der Waals surface area (Å²) in [5.74, 6) is -2.24. The summed E-state index contributed by atoms with van der Waals surface area (Å²) in [4.78, 5) is 73.3. The fraction of sp³-hybridized carbons (Fsp3) is 0.343. The monoisotopic (exact) mass is 719 g/mol. The van der Waals surface area contributed by atoms with Crippen LogP contribution in [0.25, 0.3) is 11.1 Å². The van der Waals surface area contributed by atoms with Crippen molar-refractivity contribution in [2.45, 2.75) is 57.3 Å². The van der Waals surface area contributed by atoms with E-state index in [9.17, 15) is 42.3 Å². The summed E-state index contributed by atoms with van der Waals surface area (Å²) in [5.41, 5.74) is -0.795. The number of likely N-dealkylation sites (tertiary alicyclic amines) is 1. The molecule has 0 aliphatic carbocycles. The van der Waals surface area contributed by atoms with Crippen LogP contribution >= 0.6 is 0 Å². The van der Waals surface area contributed by atoms with Crippen molar-refractivity contribution in [2.24, 2.45) is 0 Å². The van der Waals surface area contributed by atoms with Gasteiger partial charge in [-0.1, -0.05) is 12.1 Å². The Balaban J connectivity index is 1.03. The number of carbonyl (C=O) groups excluding carboxylic acids is 5. The number of aromatic nitrogens is 2. The van der Waals surface area contributed by atoms with Crippen LogP contribution in [0.15, 0.2) is 52.9 Å². The van der Waals surface area contributed by atoms with Gasteiger partial charge in [-0.3, -0.25) is 29.4 Å². The number of piperidine rings is 1. The molecule has 5 heterocycles. The van der Waals surface area contributed by atoms with Gasteiger partial charge in [0.25, 0.3) is 17.7 Å². The van der Waals surface area contributed by atoms with Gasteiger partial charge in [-0.2, -0.15) is 18.2 Å². The number of hydrogen-bond acceptors (Lipinski definition) is 10. The van der Waals surface area contributed by atoms with Gasteiger partial charge in [-0.15, -0.1) is 0 Å². The zero-order chi connectivity index (χ0) is 37.1. The van der Waals surface area contributed by atoms with Gasteiger partial charge >= 0.3 is 12.2 Å².